The Bertz CT molecular complexity index is 1070. The molecule has 164 valence electrons. The van der Waals surface area contributed by atoms with E-state index >= 15 is 0 Å². The summed E-state index contributed by atoms with van der Waals surface area (Å²) >= 11 is 0. The van der Waals surface area contributed by atoms with Crippen molar-refractivity contribution in [2.45, 2.75) is 45.5 Å². The van der Waals surface area contributed by atoms with Crippen molar-refractivity contribution in [1.29, 1.82) is 0 Å². The van der Waals surface area contributed by atoms with E-state index < -0.39 is 0 Å². The summed E-state index contributed by atoms with van der Waals surface area (Å²) < 4.78 is 5.64. The molecule has 0 bridgehead atoms. The van der Waals surface area contributed by atoms with Gasteiger partial charge in [0, 0.05) is 19.5 Å². The van der Waals surface area contributed by atoms with Gasteiger partial charge in [-0.05, 0) is 36.1 Å². The van der Waals surface area contributed by atoms with E-state index in [1.54, 1.807) is 11.8 Å². The number of rotatable bonds is 5. The van der Waals surface area contributed by atoms with Crippen molar-refractivity contribution in [3.8, 4) is 0 Å². The van der Waals surface area contributed by atoms with Gasteiger partial charge in [-0.1, -0.05) is 78.9 Å². The molecule has 4 rings (SSSR count). The summed E-state index contributed by atoms with van der Waals surface area (Å²) in [5.41, 5.74) is 3.79. The average Bonchev–Trinajstić information content (AvgIpc) is 2.82. The quantitative estimate of drug-likeness (QED) is 0.523. The van der Waals surface area contributed by atoms with Crippen LogP contribution >= 0.6 is 0 Å². The van der Waals surface area contributed by atoms with Crippen molar-refractivity contribution < 1.29 is 14.3 Å². The monoisotopic (exact) mass is 428 g/mol. The van der Waals surface area contributed by atoms with Crippen LogP contribution in [-0.2, 0) is 22.7 Å². The van der Waals surface area contributed by atoms with Gasteiger partial charge in [0.25, 0.3) is 0 Å². The van der Waals surface area contributed by atoms with Crippen LogP contribution in [0.5, 0.6) is 0 Å². The van der Waals surface area contributed by atoms with Crippen molar-refractivity contribution >= 4 is 17.7 Å². The third-order valence-electron chi connectivity index (χ3n) is 5.94. The highest BCUT2D eigenvalue weighted by atomic mass is 16.6. The molecular weight excluding hydrogens is 400 g/mol. The minimum absolute atomic E-state index is 0.0148. The second kappa shape index (κ2) is 9.69. The Balaban J connectivity index is 1.59. The predicted octanol–water partition coefficient (Wildman–Crippen LogP) is 5.71. The van der Waals surface area contributed by atoms with Gasteiger partial charge in [-0.2, -0.15) is 0 Å². The van der Waals surface area contributed by atoms with Gasteiger partial charge in [-0.25, -0.2) is 4.79 Å². The van der Waals surface area contributed by atoms with Gasteiger partial charge in [0.15, 0.2) is 0 Å². The van der Waals surface area contributed by atoms with Crippen LogP contribution in [0, 0.1) is 0 Å². The third-order valence-corrected chi connectivity index (χ3v) is 5.94. The SMILES string of the molecule is CC(=O)N(Cc1ccccc1)[C@@H]1C[C@@H](C)N(C(=O)OCc2ccccc2)c2ccccc21. The molecule has 0 saturated heterocycles. The molecule has 0 aliphatic carbocycles. The van der Waals surface area contributed by atoms with Crippen molar-refractivity contribution in [1.82, 2.24) is 4.90 Å². The zero-order chi connectivity index (χ0) is 22.5. The van der Waals surface area contributed by atoms with Gasteiger partial charge in [0.1, 0.15) is 6.61 Å². The molecule has 0 unspecified atom stereocenters. The summed E-state index contributed by atoms with van der Waals surface area (Å²) in [6, 6.07) is 27.2. The lowest BCUT2D eigenvalue weighted by Gasteiger charge is -2.42. The van der Waals surface area contributed by atoms with Crippen LogP contribution in [0.4, 0.5) is 10.5 Å². The molecule has 2 amide bonds. The number of fused-ring (bicyclic) bond motifs is 1. The molecule has 2 atom stereocenters. The summed E-state index contributed by atoms with van der Waals surface area (Å²) in [7, 11) is 0. The molecule has 0 saturated carbocycles. The molecule has 1 aliphatic rings. The van der Waals surface area contributed by atoms with Crippen molar-refractivity contribution in [2.75, 3.05) is 4.90 Å². The van der Waals surface area contributed by atoms with E-state index in [4.69, 9.17) is 4.74 Å². The molecular formula is C27H28N2O3. The highest BCUT2D eigenvalue weighted by Crippen LogP contribution is 2.41. The van der Waals surface area contributed by atoms with E-state index in [9.17, 15) is 9.59 Å². The Morgan fingerprint density at radius 3 is 2.16 bits per heavy atom. The fourth-order valence-corrected chi connectivity index (χ4v) is 4.36. The first kappa shape index (κ1) is 21.6. The summed E-state index contributed by atoms with van der Waals surface area (Å²) in [5, 5.41) is 0. The zero-order valence-electron chi connectivity index (χ0n) is 18.5. The smallest absolute Gasteiger partial charge is 0.414 e. The van der Waals surface area contributed by atoms with E-state index in [2.05, 4.69) is 0 Å². The summed E-state index contributed by atoms with van der Waals surface area (Å²) in [6.45, 7) is 4.37. The largest absolute Gasteiger partial charge is 0.444 e. The molecule has 3 aromatic rings. The molecule has 0 radical (unpaired) electrons. The van der Waals surface area contributed by atoms with Crippen LogP contribution in [0.15, 0.2) is 84.9 Å². The minimum Gasteiger partial charge on any atom is -0.444 e. The lowest BCUT2D eigenvalue weighted by atomic mass is 9.90. The molecule has 5 heteroatoms. The maximum Gasteiger partial charge on any atom is 0.414 e. The first-order chi connectivity index (χ1) is 15.5. The number of hydrogen-bond donors (Lipinski definition) is 0. The molecule has 0 fully saturated rings. The first-order valence-electron chi connectivity index (χ1n) is 10.9. The van der Waals surface area contributed by atoms with Crippen LogP contribution in [0.2, 0.25) is 0 Å². The summed E-state index contributed by atoms with van der Waals surface area (Å²) in [5.74, 6) is 0.0148. The number of carbonyl (C=O) groups is 2. The Morgan fingerprint density at radius 2 is 1.50 bits per heavy atom. The second-order valence-electron chi connectivity index (χ2n) is 8.20. The Kier molecular flexibility index (Phi) is 6.55. The van der Waals surface area contributed by atoms with Crippen LogP contribution in [0.3, 0.4) is 0 Å². The number of para-hydroxylation sites is 1. The number of benzene rings is 3. The van der Waals surface area contributed by atoms with E-state index in [-0.39, 0.29) is 30.7 Å². The summed E-state index contributed by atoms with van der Waals surface area (Å²) in [6.07, 6.45) is 0.272. The second-order valence-corrected chi connectivity index (χ2v) is 8.20. The number of ether oxygens (including phenoxy) is 1. The number of anilines is 1. The number of amides is 2. The fraction of sp³-hybridized carbons (Fsp3) is 0.259. The number of hydrogen-bond acceptors (Lipinski definition) is 3. The predicted molar refractivity (Wildman–Crippen MR) is 125 cm³/mol. The third kappa shape index (κ3) is 4.67. The molecule has 1 aliphatic heterocycles. The topological polar surface area (TPSA) is 49.9 Å². The maximum absolute atomic E-state index is 13.1. The Labute approximate surface area is 189 Å². The molecule has 0 N–H and O–H groups in total. The molecule has 1 heterocycles. The number of carbonyl (C=O) groups excluding carboxylic acids is 2. The van der Waals surface area contributed by atoms with Crippen molar-refractivity contribution in [2.24, 2.45) is 0 Å². The van der Waals surface area contributed by atoms with Crippen LogP contribution in [-0.4, -0.2) is 22.9 Å². The fourth-order valence-electron chi connectivity index (χ4n) is 4.36. The Hall–Kier alpha value is -3.60. The van der Waals surface area contributed by atoms with Gasteiger partial charge in [0.05, 0.1) is 11.7 Å². The lowest BCUT2D eigenvalue weighted by molar-refractivity contribution is -0.132. The van der Waals surface area contributed by atoms with E-state index in [1.165, 1.54) is 0 Å². The highest BCUT2D eigenvalue weighted by molar-refractivity contribution is 5.90. The minimum atomic E-state index is -0.371. The van der Waals surface area contributed by atoms with Gasteiger partial charge in [-0.3, -0.25) is 9.69 Å². The zero-order valence-corrected chi connectivity index (χ0v) is 18.5. The van der Waals surface area contributed by atoms with Crippen molar-refractivity contribution in [3.63, 3.8) is 0 Å². The molecule has 0 spiro atoms. The highest BCUT2D eigenvalue weighted by Gasteiger charge is 2.37. The first-order valence-corrected chi connectivity index (χ1v) is 10.9. The Morgan fingerprint density at radius 1 is 0.906 bits per heavy atom. The lowest BCUT2D eigenvalue weighted by Crippen LogP contribution is -2.47. The maximum atomic E-state index is 13.1. The van der Waals surface area contributed by atoms with Crippen molar-refractivity contribution in [3.05, 3.63) is 102 Å². The van der Waals surface area contributed by atoms with Crippen LogP contribution < -0.4 is 4.90 Å². The van der Waals surface area contributed by atoms with E-state index in [0.29, 0.717) is 13.0 Å². The van der Waals surface area contributed by atoms with Gasteiger partial charge in [-0.15, -0.1) is 0 Å². The van der Waals surface area contributed by atoms with Gasteiger partial charge < -0.3 is 9.64 Å². The van der Waals surface area contributed by atoms with Crippen LogP contribution in [0.1, 0.15) is 43.0 Å². The molecule has 0 aromatic heterocycles. The normalized spacial score (nSPS) is 17.4. The van der Waals surface area contributed by atoms with Crippen LogP contribution in [0.25, 0.3) is 0 Å². The standard InChI is InChI=1S/C27H28N2O3/c1-20-17-26(28(21(2)30)18-22-11-5-3-6-12-22)24-15-9-10-16-25(24)29(20)27(31)32-19-23-13-7-4-8-14-23/h3-16,20,26H,17-19H2,1-2H3/t20-,26-/m1/s1. The molecule has 3 aromatic carbocycles. The molecule has 5 nitrogen and oxygen atoms in total. The molecule has 32 heavy (non-hydrogen) atoms. The van der Waals surface area contributed by atoms with E-state index in [0.717, 1.165) is 22.4 Å². The summed E-state index contributed by atoms with van der Waals surface area (Å²) in [4.78, 5) is 29.3. The number of nitrogens with zero attached hydrogens (tertiary/aromatic N) is 2. The average molecular weight is 429 g/mol. The van der Waals surface area contributed by atoms with Gasteiger partial charge in [0.2, 0.25) is 5.91 Å². The van der Waals surface area contributed by atoms with Gasteiger partial charge >= 0.3 is 6.09 Å². The van der Waals surface area contributed by atoms with E-state index in [1.807, 2.05) is 96.8 Å².